The number of sulfonamides is 2. The van der Waals surface area contributed by atoms with Crippen molar-refractivity contribution in [2.24, 2.45) is 0 Å². The van der Waals surface area contributed by atoms with Crippen molar-refractivity contribution in [3.63, 3.8) is 0 Å². The second-order valence-electron chi connectivity index (χ2n) is 8.33. The van der Waals surface area contributed by atoms with E-state index in [2.05, 4.69) is 5.32 Å². The van der Waals surface area contributed by atoms with Crippen molar-refractivity contribution in [3.05, 3.63) is 53.1 Å². The van der Waals surface area contributed by atoms with E-state index in [9.17, 15) is 21.6 Å². The van der Waals surface area contributed by atoms with Crippen LogP contribution in [0.3, 0.4) is 0 Å². The third-order valence-corrected chi connectivity index (χ3v) is 9.99. The topological polar surface area (TPSA) is 132 Å². The van der Waals surface area contributed by atoms with E-state index in [-0.39, 0.29) is 46.8 Å². The predicted molar refractivity (Wildman–Crippen MR) is 134 cm³/mol. The Morgan fingerprint density at radius 3 is 1.89 bits per heavy atom. The largest absolute Gasteiger partial charge is 0.482 e. The summed E-state index contributed by atoms with van der Waals surface area (Å²) in [5, 5.41) is 2.76. The van der Waals surface area contributed by atoms with Crippen molar-refractivity contribution in [1.29, 1.82) is 0 Å². The minimum Gasteiger partial charge on any atom is -0.482 e. The Balaban J connectivity index is 1.28. The monoisotopic (exact) mass is 573 g/mol. The van der Waals surface area contributed by atoms with E-state index in [0.717, 1.165) is 0 Å². The van der Waals surface area contributed by atoms with E-state index >= 15 is 0 Å². The van der Waals surface area contributed by atoms with Crippen LogP contribution in [0.25, 0.3) is 0 Å². The molecule has 2 heterocycles. The summed E-state index contributed by atoms with van der Waals surface area (Å²) in [6.45, 7) is 2.41. The molecule has 0 aliphatic carbocycles. The second kappa shape index (κ2) is 12.1. The molecule has 11 nitrogen and oxygen atoms in total. The van der Waals surface area contributed by atoms with Crippen LogP contribution in [-0.2, 0) is 40.9 Å². The summed E-state index contributed by atoms with van der Waals surface area (Å²) in [6.07, 6.45) is 0. The van der Waals surface area contributed by atoms with Crippen molar-refractivity contribution in [2.75, 3.05) is 59.2 Å². The number of nitrogens with one attached hydrogen (secondary N) is 1. The average molecular weight is 574 g/mol. The maximum absolute atomic E-state index is 12.8. The van der Waals surface area contributed by atoms with Gasteiger partial charge in [0.05, 0.1) is 41.2 Å². The van der Waals surface area contributed by atoms with Crippen molar-refractivity contribution in [3.8, 4) is 5.75 Å². The minimum atomic E-state index is -3.70. The van der Waals surface area contributed by atoms with Crippen LogP contribution in [0.5, 0.6) is 5.75 Å². The molecule has 4 rings (SSSR count). The van der Waals surface area contributed by atoms with Crippen LogP contribution < -0.4 is 10.1 Å². The number of hydrogen-bond donors (Lipinski definition) is 1. The molecule has 0 aromatic heterocycles. The van der Waals surface area contributed by atoms with Crippen molar-refractivity contribution >= 4 is 37.6 Å². The zero-order valence-corrected chi connectivity index (χ0v) is 22.4. The molecule has 37 heavy (non-hydrogen) atoms. The molecule has 2 aliphatic rings. The number of morpholine rings is 2. The van der Waals surface area contributed by atoms with E-state index in [1.807, 2.05) is 0 Å². The Hall–Kier alpha value is -2.26. The Bertz CT molecular complexity index is 1310. The molecule has 202 valence electrons. The van der Waals surface area contributed by atoms with Crippen LogP contribution in [0.1, 0.15) is 5.56 Å². The van der Waals surface area contributed by atoms with Crippen molar-refractivity contribution < 1.29 is 35.8 Å². The fraction of sp³-hybridized carbons (Fsp3) is 0.435. The van der Waals surface area contributed by atoms with E-state index in [4.69, 9.17) is 25.8 Å². The van der Waals surface area contributed by atoms with Crippen LogP contribution in [0.15, 0.2) is 52.3 Å². The van der Waals surface area contributed by atoms with Gasteiger partial charge in [-0.05, 0) is 35.9 Å². The molecule has 2 aliphatic heterocycles. The molecule has 0 radical (unpaired) electrons. The fourth-order valence-corrected chi connectivity index (χ4v) is 6.95. The lowest BCUT2D eigenvalue weighted by molar-refractivity contribution is -0.123. The third kappa shape index (κ3) is 6.79. The molecular formula is C23H28ClN3O8S2. The second-order valence-corrected chi connectivity index (χ2v) is 12.6. The standard InChI is InChI=1S/C23H28ClN3O8S2/c24-21-15-20(37(31,32)27-9-13-34-14-10-27)5-6-22(21)35-17-23(28)25-16-18-1-3-19(4-2-18)36(29,30)26-7-11-33-12-8-26/h1-6,15H,7-14,16-17H2,(H,25,28). The van der Waals surface area contributed by atoms with Crippen LogP contribution >= 0.6 is 11.6 Å². The molecule has 0 saturated carbocycles. The van der Waals surface area contributed by atoms with E-state index in [1.54, 1.807) is 12.1 Å². The first-order chi connectivity index (χ1) is 17.7. The Labute approximate surface area is 221 Å². The molecule has 0 unspecified atom stereocenters. The van der Waals surface area contributed by atoms with Gasteiger partial charge in [-0.3, -0.25) is 4.79 Å². The number of carbonyl (C=O) groups is 1. The third-order valence-electron chi connectivity index (χ3n) is 5.89. The Morgan fingerprint density at radius 2 is 1.35 bits per heavy atom. The van der Waals surface area contributed by atoms with Crippen molar-refractivity contribution in [2.45, 2.75) is 16.3 Å². The highest BCUT2D eigenvalue weighted by atomic mass is 35.5. The molecule has 1 amide bonds. The van der Waals surface area contributed by atoms with Gasteiger partial charge >= 0.3 is 0 Å². The van der Waals surface area contributed by atoms with Crippen LogP contribution in [-0.4, -0.2) is 90.6 Å². The van der Waals surface area contributed by atoms with E-state index in [0.29, 0.717) is 45.1 Å². The summed E-state index contributed by atoms with van der Waals surface area (Å²) < 4.78 is 69.5. The molecule has 2 saturated heterocycles. The van der Waals surface area contributed by atoms with Gasteiger partial charge in [-0.1, -0.05) is 23.7 Å². The van der Waals surface area contributed by atoms with Crippen molar-refractivity contribution in [1.82, 2.24) is 13.9 Å². The van der Waals surface area contributed by atoms with Crippen LogP contribution in [0, 0.1) is 0 Å². The zero-order chi connectivity index (χ0) is 26.5. The molecular weight excluding hydrogens is 546 g/mol. The molecule has 14 heteroatoms. The molecule has 1 N–H and O–H groups in total. The molecule has 0 bridgehead atoms. The van der Waals surface area contributed by atoms with Gasteiger partial charge in [0.15, 0.2) is 6.61 Å². The SMILES string of the molecule is O=C(COc1ccc(S(=O)(=O)N2CCOCC2)cc1Cl)NCc1ccc(S(=O)(=O)N2CCOCC2)cc1. The first-order valence-electron chi connectivity index (χ1n) is 11.6. The molecule has 2 fully saturated rings. The predicted octanol–water partition coefficient (Wildman–Crippen LogP) is 1.08. The van der Waals surface area contributed by atoms with E-state index in [1.165, 1.54) is 38.9 Å². The maximum Gasteiger partial charge on any atom is 0.258 e. The summed E-state index contributed by atoms with van der Waals surface area (Å²) in [5.74, 6) is -0.249. The van der Waals surface area contributed by atoms with Gasteiger partial charge in [-0.15, -0.1) is 0 Å². The Kier molecular flexibility index (Phi) is 9.06. The number of rotatable bonds is 9. The number of ether oxygens (including phenoxy) is 3. The molecule has 0 spiro atoms. The van der Waals surface area contributed by atoms with Gasteiger partial charge in [0.1, 0.15) is 5.75 Å². The highest BCUT2D eigenvalue weighted by Gasteiger charge is 2.27. The number of carbonyl (C=O) groups excluding carboxylic acids is 1. The summed E-state index contributed by atoms with van der Waals surface area (Å²) in [6, 6.07) is 10.4. The lowest BCUT2D eigenvalue weighted by Crippen LogP contribution is -2.40. The number of nitrogens with zero attached hydrogens (tertiary/aromatic N) is 2. The lowest BCUT2D eigenvalue weighted by atomic mass is 10.2. The minimum absolute atomic E-state index is 0.0373. The quantitative estimate of drug-likeness (QED) is 0.471. The first-order valence-corrected chi connectivity index (χ1v) is 14.9. The highest BCUT2D eigenvalue weighted by Crippen LogP contribution is 2.29. The number of hydrogen-bond acceptors (Lipinski definition) is 8. The number of halogens is 1. The maximum atomic E-state index is 12.8. The van der Waals surface area contributed by atoms with Gasteiger partial charge in [0.2, 0.25) is 20.0 Å². The van der Waals surface area contributed by atoms with Crippen LogP contribution in [0.2, 0.25) is 5.02 Å². The first kappa shape index (κ1) is 27.8. The normalized spacial score (nSPS) is 17.9. The van der Waals surface area contributed by atoms with E-state index < -0.39 is 26.0 Å². The average Bonchev–Trinajstić information content (AvgIpc) is 2.92. The summed E-state index contributed by atoms with van der Waals surface area (Å²) in [5.41, 5.74) is 0.713. The van der Waals surface area contributed by atoms with Gasteiger partial charge in [0, 0.05) is 32.7 Å². The molecule has 0 atom stereocenters. The van der Waals surface area contributed by atoms with Gasteiger partial charge in [0.25, 0.3) is 5.91 Å². The van der Waals surface area contributed by atoms with Crippen LogP contribution in [0.4, 0.5) is 0 Å². The number of benzene rings is 2. The smallest absolute Gasteiger partial charge is 0.258 e. The fourth-order valence-electron chi connectivity index (χ4n) is 3.81. The summed E-state index contributed by atoms with van der Waals surface area (Å²) in [7, 11) is -7.29. The summed E-state index contributed by atoms with van der Waals surface area (Å²) in [4.78, 5) is 12.5. The van der Waals surface area contributed by atoms with Gasteiger partial charge in [-0.25, -0.2) is 16.8 Å². The summed E-state index contributed by atoms with van der Waals surface area (Å²) >= 11 is 6.21. The van der Waals surface area contributed by atoms with Gasteiger partial charge < -0.3 is 19.5 Å². The Morgan fingerprint density at radius 1 is 0.838 bits per heavy atom. The molecule has 2 aromatic rings. The highest BCUT2D eigenvalue weighted by molar-refractivity contribution is 7.89. The number of amides is 1. The molecule has 2 aromatic carbocycles. The zero-order valence-electron chi connectivity index (χ0n) is 20.0. The van der Waals surface area contributed by atoms with Gasteiger partial charge in [-0.2, -0.15) is 8.61 Å². The lowest BCUT2D eigenvalue weighted by Gasteiger charge is -2.26.